The second kappa shape index (κ2) is 4.03. The van der Waals surface area contributed by atoms with Gasteiger partial charge in [-0.15, -0.1) is 0 Å². The minimum Gasteiger partial charge on any atom is -0.544 e. The smallest absolute Gasteiger partial charge is 0.140 e. The quantitative estimate of drug-likeness (QED) is 0.693. The molecule has 2 rings (SSSR count). The highest BCUT2D eigenvalue weighted by Gasteiger charge is 2.39. The van der Waals surface area contributed by atoms with Crippen molar-refractivity contribution in [3.05, 3.63) is 35.9 Å². The molecule has 0 amide bonds. The van der Waals surface area contributed by atoms with E-state index in [1.807, 2.05) is 35.6 Å². The van der Waals surface area contributed by atoms with Gasteiger partial charge in [-0.1, -0.05) is 30.3 Å². The number of nitrogens with two attached hydrogens (primary N) is 1. The Labute approximate surface area is 89.1 Å². The summed E-state index contributed by atoms with van der Waals surface area (Å²) in [5.41, 5.74) is 0.348. The van der Waals surface area contributed by atoms with Gasteiger partial charge in [-0.05, 0) is 5.56 Å². The van der Waals surface area contributed by atoms with Crippen molar-refractivity contribution in [2.45, 2.75) is 24.8 Å². The van der Waals surface area contributed by atoms with Crippen LogP contribution in [-0.4, -0.2) is 18.1 Å². The normalized spacial score (nSPS) is 25.3. The van der Waals surface area contributed by atoms with E-state index in [0.717, 1.165) is 18.5 Å². The van der Waals surface area contributed by atoms with Crippen molar-refractivity contribution in [2.75, 3.05) is 6.54 Å². The van der Waals surface area contributed by atoms with E-state index < -0.39 is 11.5 Å². The van der Waals surface area contributed by atoms with Crippen LogP contribution in [0, 0.1) is 0 Å². The highest BCUT2D eigenvalue weighted by molar-refractivity contribution is 5.75. The lowest BCUT2D eigenvalue weighted by molar-refractivity contribution is -0.700. The van der Waals surface area contributed by atoms with E-state index in [2.05, 4.69) is 0 Å². The summed E-state index contributed by atoms with van der Waals surface area (Å²) in [6.07, 6.45) is 2.24. The van der Waals surface area contributed by atoms with E-state index >= 15 is 0 Å². The molecular formula is C12H15NO2. The largest absolute Gasteiger partial charge is 0.544 e. The summed E-state index contributed by atoms with van der Waals surface area (Å²) in [6, 6.07) is 9.75. The number of rotatable bonds is 3. The highest BCUT2D eigenvalue weighted by atomic mass is 16.4. The fourth-order valence-corrected chi connectivity index (χ4v) is 2.28. The third-order valence-corrected chi connectivity index (χ3v) is 3.13. The first-order valence-electron chi connectivity index (χ1n) is 5.33. The zero-order valence-electron chi connectivity index (χ0n) is 8.61. The van der Waals surface area contributed by atoms with Crippen LogP contribution in [0.5, 0.6) is 0 Å². The predicted octanol–water partition coefficient (Wildman–Crippen LogP) is -0.925. The molecule has 0 unspecified atom stereocenters. The van der Waals surface area contributed by atoms with Crippen LogP contribution in [0.4, 0.5) is 0 Å². The van der Waals surface area contributed by atoms with Crippen molar-refractivity contribution in [2.24, 2.45) is 0 Å². The van der Waals surface area contributed by atoms with Crippen LogP contribution in [0.15, 0.2) is 30.3 Å². The molecule has 1 heterocycles. The van der Waals surface area contributed by atoms with Crippen LogP contribution < -0.4 is 10.4 Å². The lowest BCUT2D eigenvalue weighted by atomic mass is 9.89. The average Bonchev–Trinajstić information content (AvgIpc) is 2.69. The van der Waals surface area contributed by atoms with E-state index in [4.69, 9.17) is 0 Å². The molecule has 1 atom stereocenters. The first-order valence-corrected chi connectivity index (χ1v) is 5.33. The van der Waals surface area contributed by atoms with Gasteiger partial charge < -0.3 is 15.2 Å². The van der Waals surface area contributed by atoms with Crippen LogP contribution in [0.25, 0.3) is 0 Å². The van der Waals surface area contributed by atoms with Crippen LogP contribution >= 0.6 is 0 Å². The Kier molecular flexibility index (Phi) is 2.73. The molecule has 1 aliphatic heterocycles. The maximum atomic E-state index is 11.2. The Morgan fingerprint density at radius 3 is 2.67 bits per heavy atom. The van der Waals surface area contributed by atoms with E-state index in [0.29, 0.717) is 12.8 Å². The summed E-state index contributed by atoms with van der Waals surface area (Å²) in [6.45, 7) is 0.890. The summed E-state index contributed by atoms with van der Waals surface area (Å²) in [5.74, 6) is -0.927. The molecule has 0 saturated carbocycles. The monoisotopic (exact) mass is 205 g/mol. The molecule has 3 heteroatoms. The third-order valence-electron chi connectivity index (χ3n) is 3.13. The third kappa shape index (κ3) is 2.02. The van der Waals surface area contributed by atoms with Gasteiger partial charge in [-0.2, -0.15) is 0 Å². The van der Waals surface area contributed by atoms with Crippen molar-refractivity contribution in [1.29, 1.82) is 0 Å². The van der Waals surface area contributed by atoms with E-state index in [-0.39, 0.29) is 0 Å². The Morgan fingerprint density at radius 2 is 2.13 bits per heavy atom. The molecular weight excluding hydrogens is 190 g/mol. The number of carboxylic acids is 1. The molecule has 1 saturated heterocycles. The topological polar surface area (TPSA) is 56.7 Å². The van der Waals surface area contributed by atoms with Gasteiger partial charge in [0.25, 0.3) is 0 Å². The lowest BCUT2D eigenvalue weighted by Gasteiger charge is -2.26. The molecule has 1 fully saturated rings. The number of carbonyl (C=O) groups is 1. The van der Waals surface area contributed by atoms with Gasteiger partial charge in [-0.3, -0.25) is 0 Å². The predicted molar refractivity (Wildman–Crippen MR) is 53.9 cm³/mol. The van der Waals surface area contributed by atoms with Crippen molar-refractivity contribution >= 4 is 5.97 Å². The van der Waals surface area contributed by atoms with Crippen LogP contribution in [-0.2, 0) is 11.2 Å². The summed E-state index contributed by atoms with van der Waals surface area (Å²) < 4.78 is 0. The van der Waals surface area contributed by atoms with Crippen LogP contribution in [0.1, 0.15) is 18.4 Å². The maximum Gasteiger partial charge on any atom is 0.140 e. The van der Waals surface area contributed by atoms with Crippen molar-refractivity contribution in [3.63, 3.8) is 0 Å². The van der Waals surface area contributed by atoms with Crippen molar-refractivity contribution in [1.82, 2.24) is 0 Å². The summed E-state index contributed by atoms with van der Waals surface area (Å²) in [4.78, 5) is 11.2. The van der Waals surface area contributed by atoms with Crippen molar-refractivity contribution < 1.29 is 15.2 Å². The van der Waals surface area contributed by atoms with Crippen LogP contribution in [0.2, 0.25) is 0 Å². The summed E-state index contributed by atoms with van der Waals surface area (Å²) >= 11 is 0. The highest BCUT2D eigenvalue weighted by Crippen LogP contribution is 2.17. The number of aliphatic carboxylic acids is 1. The van der Waals surface area contributed by atoms with E-state index in [1.54, 1.807) is 0 Å². The minimum absolute atomic E-state index is 0.566. The van der Waals surface area contributed by atoms with E-state index in [1.165, 1.54) is 0 Å². The van der Waals surface area contributed by atoms with E-state index in [9.17, 15) is 9.90 Å². The van der Waals surface area contributed by atoms with Gasteiger partial charge in [-0.25, -0.2) is 0 Å². The molecule has 0 aromatic heterocycles. The molecule has 15 heavy (non-hydrogen) atoms. The number of carboxylic acid groups (broad SMARTS) is 1. The molecule has 3 nitrogen and oxygen atoms in total. The Hall–Kier alpha value is -1.35. The fraction of sp³-hybridized carbons (Fsp3) is 0.417. The van der Waals surface area contributed by atoms with Gasteiger partial charge in [0.15, 0.2) is 0 Å². The second-order valence-corrected chi connectivity index (χ2v) is 4.20. The molecule has 1 aromatic carbocycles. The zero-order chi connectivity index (χ0) is 10.7. The summed E-state index contributed by atoms with van der Waals surface area (Å²) in [5, 5.41) is 13.1. The average molecular weight is 205 g/mol. The van der Waals surface area contributed by atoms with Gasteiger partial charge in [0.1, 0.15) is 11.5 Å². The number of benzene rings is 1. The number of hydrogen-bond acceptors (Lipinski definition) is 2. The summed E-state index contributed by atoms with van der Waals surface area (Å²) in [7, 11) is 0. The molecule has 0 radical (unpaired) electrons. The molecule has 80 valence electrons. The van der Waals surface area contributed by atoms with Gasteiger partial charge in [0.2, 0.25) is 0 Å². The maximum absolute atomic E-state index is 11.2. The first kappa shape index (κ1) is 10.2. The molecule has 1 aromatic rings. The zero-order valence-corrected chi connectivity index (χ0v) is 8.61. The molecule has 2 N–H and O–H groups in total. The number of carbonyl (C=O) groups excluding carboxylic acids is 1. The van der Waals surface area contributed by atoms with Gasteiger partial charge in [0.05, 0.1) is 6.54 Å². The Balaban J connectivity index is 2.18. The van der Waals surface area contributed by atoms with Gasteiger partial charge >= 0.3 is 0 Å². The SMILES string of the molecule is O=C([O-])[C@@]1(Cc2ccccc2)CCC[NH2+]1. The van der Waals surface area contributed by atoms with Gasteiger partial charge in [0, 0.05) is 19.3 Å². The molecule has 0 aliphatic carbocycles. The second-order valence-electron chi connectivity index (χ2n) is 4.20. The molecule has 0 bridgehead atoms. The fourth-order valence-electron chi connectivity index (χ4n) is 2.28. The minimum atomic E-state index is -0.927. The number of quaternary nitrogens is 1. The van der Waals surface area contributed by atoms with Crippen molar-refractivity contribution in [3.8, 4) is 0 Å². The first-order chi connectivity index (χ1) is 7.23. The lowest BCUT2D eigenvalue weighted by Crippen LogP contribution is -2.97. The Morgan fingerprint density at radius 1 is 1.40 bits per heavy atom. The number of hydrogen-bond donors (Lipinski definition) is 1. The van der Waals surface area contributed by atoms with Crippen LogP contribution in [0.3, 0.4) is 0 Å². The molecule has 0 spiro atoms. The Bertz CT molecular complexity index is 342. The molecule has 1 aliphatic rings. The standard InChI is InChI=1S/C12H15NO2/c14-11(15)12(7-4-8-13-12)9-10-5-2-1-3-6-10/h1-3,5-6,13H,4,7-9H2,(H,14,15)/t12-/m0/s1.